The van der Waals surface area contributed by atoms with E-state index in [9.17, 15) is 18.0 Å². The number of amides is 1. The summed E-state index contributed by atoms with van der Waals surface area (Å²) in [6.07, 6.45) is 2.65. The molecule has 5 rings (SSSR count). The van der Waals surface area contributed by atoms with Crippen molar-refractivity contribution in [2.45, 2.75) is 50.0 Å². The maximum absolute atomic E-state index is 13.4. The molecule has 0 saturated heterocycles. The molecule has 2 aliphatic heterocycles. The molecule has 0 bridgehead atoms. The van der Waals surface area contributed by atoms with Gasteiger partial charge < -0.3 is 21.7 Å². The summed E-state index contributed by atoms with van der Waals surface area (Å²) in [4.78, 5) is 21.2. The number of alkyl halides is 3. The Bertz CT molecular complexity index is 1240. The van der Waals surface area contributed by atoms with Crippen molar-refractivity contribution in [1.82, 2.24) is 15.3 Å². The molecule has 1 amide bonds. The zero-order chi connectivity index (χ0) is 26.0. The lowest BCUT2D eigenvalue weighted by molar-refractivity contribution is -0.137. The van der Waals surface area contributed by atoms with E-state index in [4.69, 9.17) is 5.73 Å². The maximum Gasteiger partial charge on any atom is 0.419 e. The lowest BCUT2D eigenvalue weighted by atomic mass is 9.92. The Balaban J connectivity index is 1.39. The number of aromatic nitrogens is 1. The lowest BCUT2D eigenvalue weighted by Crippen LogP contribution is -2.48. The van der Waals surface area contributed by atoms with Crippen LogP contribution in [0.3, 0.4) is 0 Å². The van der Waals surface area contributed by atoms with Crippen molar-refractivity contribution >= 4 is 29.0 Å². The minimum Gasteiger partial charge on any atom is -0.366 e. The fraction of sp³-hybridized carbons (Fsp3) is 0.360. The number of nitrogens with zero attached hydrogens (tertiary/aromatic N) is 4. The van der Waals surface area contributed by atoms with Gasteiger partial charge in [0, 0.05) is 36.2 Å². The highest BCUT2D eigenvalue weighted by Crippen LogP contribution is 2.34. The average Bonchev–Trinajstić information content (AvgIpc) is 3.30. The first-order valence-corrected chi connectivity index (χ1v) is 12.1. The Morgan fingerprint density at radius 2 is 1.84 bits per heavy atom. The third-order valence-corrected chi connectivity index (χ3v) is 6.53. The van der Waals surface area contributed by atoms with Crippen LogP contribution in [-0.4, -0.2) is 52.2 Å². The molecule has 194 valence electrons. The summed E-state index contributed by atoms with van der Waals surface area (Å²) in [6.45, 7) is 0.0382. The second-order valence-electron chi connectivity index (χ2n) is 9.22. The molecule has 1 fully saturated rings. The van der Waals surface area contributed by atoms with E-state index in [1.165, 1.54) is 11.2 Å². The molecule has 9 nitrogen and oxygen atoms in total. The topological polar surface area (TPSA) is 120 Å². The van der Waals surface area contributed by atoms with Crippen molar-refractivity contribution in [2.75, 3.05) is 17.2 Å². The van der Waals surface area contributed by atoms with E-state index in [1.54, 1.807) is 0 Å². The number of benzene rings is 1. The number of pyridine rings is 1. The quantitative estimate of drug-likeness (QED) is 0.488. The predicted octanol–water partition coefficient (Wildman–Crippen LogP) is 3.30. The van der Waals surface area contributed by atoms with Crippen molar-refractivity contribution in [1.29, 1.82) is 0 Å². The van der Waals surface area contributed by atoms with E-state index in [0.29, 0.717) is 23.6 Å². The first-order chi connectivity index (χ1) is 17.8. The summed E-state index contributed by atoms with van der Waals surface area (Å²) in [6, 6.07) is 10.0. The van der Waals surface area contributed by atoms with Crippen molar-refractivity contribution in [3.63, 3.8) is 0 Å². The van der Waals surface area contributed by atoms with E-state index in [1.807, 2.05) is 36.4 Å². The van der Waals surface area contributed by atoms with Crippen LogP contribution in [0.2, 0.25) is 0 Å². The minimum absolute atomic E-state index is 0.0382. The summed E-state index contributed by atoms with van der Waals surface area (Å²) >= 11 is 0. The molecule has 0 spiro atoms. The van der Waals surface area contributed by atoms with Gasteiger partial charge in [-0.3, -0.25) is 14.8 Å². The number of hydrogen-bond acceptors (Lipinski definition) is 8. The van der Waals surface area contributed by atoms with Gasteiger partial charge in [-0.15, -0.1) is 0 Å². The Morgan fingerprint density at radius 1 is 1.08 bits per heavy atom. The Kier molecular flexibility index (Phi) is 6.83. The smallest absolute Gasteiger partial charge is 0.366 e. The van der Waals surface area contributed by atoms with Crippen LogP contribution >= 0.6 is 0 Å². The van der Waals surface area contributed by atoms with Crippen LogP contribution < -0.4 is 21.7 Å². The van der Waals surface area contributed by atoms with Crippen LogP contribution in [0, 0.1) is 0 Å². The van der Waals surface area contributed by atoms with E-state index >= 15 is 0 Å². The molecule has 1 aromatic heterocycles. The van der Waals surface area contributed by atoms with Gasteiger partial charge in [0.2, 0.25) is 0 Å². The number of fused-ring (bicyclic) bond motifs is 1. The molecule has 1 aromatic carbocycles. The van der Waals surface area contributed by atoms with Crippen molar-refractivity contribution in [3.05, 3.63) is 66.1 Å². The molecule has 2 aromatic rings. The minimum atomic E-state index is -4.66. The highest BCUT2D eigenvalue weighted by molar-refractivity contribution is 6.13. The van der Waals surface area contributed by atoms with E-state index in [-0.39, 0.29) is 24.3 Å². The number of amidine groups is 2. The lowest BCUT2D eigenvalue weighted by Gasteiger charge is -2.31. The monoisotopic (exact) mass is 512 g/mol. The highest BCUT2D eigenvalue weighted by atomic mass is 19.4. The zero-order valence-corrected chi connectivity index (χ0v) is 19.9. The van der Waals surface area contributed by atoms with Crippen LogP contribution in [0.25, 0.3) is 0 Å². The highest BCUT2D eigenvalue weighted by Gasteiger charge is 2.40. The van der Waals surface area contributed by atoms with Gasteiger partial charge in [-0.2, -0.15) is 18.3 Å². The van der Waals surface area contributed by atoms with Crippen molar-refractivity contribution in [2.24, 2.45) is 15.8 Å². The van der Waals surface area contributed by atoms with Gasteiger partial charge >= 0.3 is 6.18 Å². The number of hydrazone groups is 1. The number of anilines is 2. The first kappa shape index (κ1) is 24.8. The number of aliphatic imine (C=N–C) groups is 1. The Hall–Kier alpha value is -3.93. The summed E-state index contributed by atoms with van der Waals surface area (Å²) in [5, 5.41) is 15.3. The van der Waals surface area contributed by atoms with Crippen molar-refractivity contribution < 1.29 is 18.0 Å². The number of halogens is 3. The van der Waals surface area contributed by atoms with Gasteiger partial charge in [0.1, 0.15) is 5.84 Å². The van der Waals surface area contributed by atoms with Gasteiger partial charge in [-0.05, 0) is 43.9 Å². The van der Waals surface area contributed by atoms with E-state index in [2.05, 4.69) is 31.0 Å². The van der Waals surface area contributed by atoms with Gasteiger partial charge in [0.15, 0.2) is 11.9 Å². The first-order valence-electron chi connectivity index (χ1n) is 12.1. The third-order valence-electron chi connectivity index (χ3n) is 6.53. The second kappa shape index (κ2) is 10.2. The van der Waals surface area contributed by atoms with Gasteiger partial charge in [-0.25, -0.2) is 5.01 Å². The number of nitrogens with one attached hydrogen (secondary N) is 3. The maximum atomic E-state index is 13.4. The number of carbonyl (C=O) groups excluding carboxylic acids is 1. The molecule has 0 radical (unpaired) electrons. The van der Waals surface area contributed by atoms with Crippen LogP contribution in [0.4, 0.5) is 24.5 Å². The summed E-state index contributed by atoms with van der Waals surface area (Å²) < 4.78 is 40.3. The van der Waals surface area contributed by atoms with Crippen LogP contribution in [0.5, 0.6) is 0 Å². The largest absolute Gasteiger partial charge is 0.419 e. The summed E-state index contributed by atoms with van der Waals surface area (Å²) in [5.41, 5.74) is 6.11. The molecular weight excluding hydrogens is 485 g/mol. The molecule has 3 heterocycles. The number of nitrogens with two attached hydrogens (primary N) is 1. The number of para-hydroxylation sites is 1. The second-order valence-corrected chi connectivity index (χ2v) is 9.22. The molecule has 37 heavy (non-hydrogen) atoms. The normalized spacial score (nSPS) is 23.4. The van der Waals surface area contributed by atoms with Gasteiger partial charge in [0.05, 0.1) is 23.5 Å². The molecule has 12 heteroatoms. The predicted molar refractivity (Wildman–Crippen MR) is 135 cm³/mol. The third kappa shape index (κ3) is 5.58. The molecule has 5 N–H and O–H groups in total. The zero-order valence-electron chi connectivity index (χ0n) is 19.9. The number of hydrogen-bond donors (Lipinski definition) is 4. The molecule has 3 aliphatic rings. The molecule has 1 unspecified atom stereocenters. The fourth-order valence-corrected chi connectivity index (χ4v) is 4.59. The fourth-order valence-electron chi connectivity index (χ4n) is 4.59. The van der Waals surface area contributed by atoms with Crippen molar-refractivity contribution in [3.8, 4) is 0 Å². The van der Waals surface area contributed by atoms with Crippen LogP contribution in [0.1, 0.15) is 31.2 Å². The molecule has 1 atom stereocenters. The molecule has 1 aliphatic carbocycles. The van der Waals surface area contributed by atoms with Crippen LogP contribution in [0.15, 0.2) is 70.7 Å². The van der Waals surface area contributed by atoms with E-state index < -0.39 is 23.7 Å². The standard InChI is InChI=1S/C25H27F3N8O/c26-25(27,28)18-13-30-11-10-19(18)34-24(37)21-14-31-23-20(32-16-4-2-1-3-5-16)12-22(35-36(21)23)33-17-8-6-15(29)7-9-17/h1-5,10-13,15,17,21,32H,6-9,14,29H2,(H,33,35)(H,30,34,37)/t15-,17-,21?. The number of carbonyl (C=O) groups is 1. The van der Waals surface area contributed by atoms with E-state index in [0.717, 1.165) is 37.4 Å². The van der Waals surface area contributed by atoms with Crippen LogP contribution in [-0.2, 0) is 11.0 Å². The summed E-state index contributed by atoms with van der Waals surface area (Å²) in [5.74, 6) is 0.326. The summed E-state index contributed by atoms with van der Waals surface area (Å²) in [7, 11) is 0. The average molecular weight is 513 g/mol. The Labute approximate surface area is 211 Å². The SMILES string of the molecule is N[C@H]1CC[C@H](NC2=NN3C(=NCC3C(=O)Nc3ccncc3C(F)(F)F)C(Nc3ccccc3)=C2)CC1. The Morgan fingerprint density at radius 3 is 2.57 bits per heavy atom. The van der Waals surface area contributed by atoms with Gasteiger partial charge in [0.25, 0.3) is 5.91 Å². The van der Waals surface area contributed by atoms with Gasteiger partial charge in [-0.1, -0.05) is 18.2 Å². The molecular formula is C25H27F3N8O. The molecule has 1 saturated carbocycles. The number of rotatable bonds is 5.